The summed E-state index contributed by atoms with van der Waals surface area (Å²) in [5.41, 5.74) is 0. The number of halogens is 2. The van der Waals surface area contributed by atoms with Gasteiger partial charge in [-0.25, -0.2) is 0 Å². The van der Waals surface area contributed by atoms with Crippen molar-refractivity contribution >= 4 is 29.2 Å². The van der Waals surface area contributed by atoms with Crippen molar-refractivity contribution in [1.82, 2.24) is 15.0 Å². The van der Waals surface area contributed by atoms with E-state index in [1.807, 2.05) is 0 Å². The Balaban J connectivity index is 1.74. The predicted molar refractivity (Wildman–Crippen MR) is 74.1 cm³/mol. The quantitative estimate of drug-likeness (QED) is 0.915. The summed E-state index contributed by atoms with van der Waals surface area (Å²) in [7, 11) is 0. The molecule has 18 heavy (non-hydrogen) atoms. The van der Waals surface area contributed by atoms with Gasteiger partial charge in [-0.2, -0.15) is 15.0 Å². The van der Waals surface area contributed by atoms with Gasteiger partial charge in [-0.05, 0) is 41.5 Å². The number of rotatable bonds is 4. The Labute approximate surface area is 118 Å². The summed E-state index contributed by atoms with van der Waals surface area (Å²) in [5.74, 6) is 2.18. The minimum atomic E-state index is 0.129. The first-order chi connectivity index (χ1) is 8.63. The summed E-state index contributed by atoms with van der Waals surface area (Å²) in [5, 5.41) is 3.41. The Morgan fingerprint density at radius 3 is 2.28 bits per heavy atom. The molecule has 0 saturated heterocycles. The van der Waals surface area contributed by atoms with Gasteiger partial charge in [0.25, 0.3) is 0 Å². The van der Waals surface area contributed by atoms with E-state index in [9.17, 15) is 0 Å². The zero-order chi connectivity index (χ0) is 13.0. The van der Waals surface area contributed by atoms with Crippen molar-refractivity contribution in [2.75, 3.05) is 11.9 Å². The lowest BCUT2D eigenvalue weighted by molar-refractivity contribution is 0.282. The first-order valence-electron chi connectivity index (χ1n) is 6.44. The molecule has 1 aliphatic carbocycles. The van der Waals surface area contributed by atoms with E-state index >= 15 is 0 Å². The van der Waals surface area contributed by atoms with Crippen LogP contribution in [0, 0.1) is 11.8 Å². The van der Waals surface area contributed by atoms with Crippen LogP contribution in [0.5, 0.6) is 0 Å². The largest absolute Gasteiger partial charge is 0.354 e. The SMILES string of the molecule is CC1CCC(CCNc2nc(Cl)nc(Cl)n2)CC1. The van der Waals surface area contributed by atoms with Gasteiger partial charge in [0, 0.05) is 6.54 Å². The molecule has 0 aliphatic heterocycles. The highest BCUT2D eigenvalue weighted by Crippen LogP contribution is 2.30. The summed E-state index contributed by atoms with van der Waals surface area (Å²) < 4.78 is 0. The molecule has 6 heteroatoms. The topological polar surface area (TPSA) is 50.7 Å². The molecule has 1 fully saturated rings. The number of nitrogens with one attached hydrogen (secondary N) is 1. The van der Waals surface area contributed by atoms with Crippen molar-refractivity contribution < 1.29 is 0 Å². The third-order valence-corrected chi connectivity index (χ3v) is 3.89. The first kappa shape index (κ1) is 13.8. The Hall–Kier alpha value is -0.610. The summed E-state index contributed by atoms with van der Waals surface area (Å²) >= 11 is 11.4. The molecule has 0 unspecified atom stereocenters. The number of nitrogens with zero attached hydrogens (tertiary/aromatic N) is 3. The highest BCUT2D eigenvalue weighted by atomic mass is 35.5. The lowest BCUT2D eigenvalue weighted by Crippen LogP contribution is -2.16. The molecule has 1 N–H and O–H groups in total. The molecule has 100 valence electrons. The summed E-state index contributed by atoms with van der Waals surface area (Å²) in [6, 6.07) is 0. The molecule has 0 spiro atoms. The van der Waals surface area contributed by atoms with Gasteiger partial charge in [-0.3, -0.25) is 0 Å². The zero-order valence-corrected chi connectivity index (χ0v) is 12.0. The van der Waals surface area contributed by atoms with E-state index in [2.05, 4.69) is 27.2 Å². The van der Waals surface area contributed by atoms with E-state index in [1.54, 1.807) is 0 Å². The zero-order valence-electron chi connectivity index (χ0n) is 10.5. The Morgan fingerprint density at radius 1 is 1.06 bits per heavy atom. The van der Waals surface area contributed by atoms with Gasteiger partial charge in [-0.15, -0.1) is 0 Å². The van der Waals surface area contributed by atoms with E-state index in [1.165, 1.54) is 25.7 Å². The van der Waals surface area contributed by atoms with Crippen LogP contribution in [-0.2, 0) is 0 Å². The normalized spacial score (nSPS) is 23.9. The van der Waals surface area contributed by atoms with Crippen LogP contribution in [-0.4, -0.2) is 21.5 Å². The molecule has 0 bridgehead atoms. The van der Waals surface area contributed by atoms with Crippen molar-refractivity contribution in [1.29, 1.82) is 0 Å². The van der Waals surface area contributed by atoms with Gasteiger partial charge in [0.05, 0.1) is 0 Å². The molecule has 2 rings (SSSR count). The molecule has 0 atom stereocenters. The Kier molecular flexibility index (Phi) is 5.01. The fourth-order valence-electron chi connectivity index (χ4n) is 2.41. The van der Waals surface area contributed by atoms with Gasteiger partial charge >= 0.3 is 0 Å². The third-order valence-electron chi connectivity index (χ3n) is 3.55. The van der Waals surface area contributed by atoms with Crippen molar-refractivity contribution in [3.8, 4) is 0 Å². The van der Waals surface area contributed by atoms with Crippen molar-refractivity contribution in [3.63, 3.8) is 0 Å². The summed E-state index contributed by atoms with van der Waals surface area (Å²) in [6.07, 6.45) is 6.53. The highest BCUT2D eigenvalue weighted by molar-refractivity contribution is 6.31. The van der Waals surface area contributed by atoms with Gasteiger partial charge < -0.3 is 5.32 Å². The standard InChI is InChI=1S/C12H18Cl2N4/c1-8-2-4-9(5-3-8)6-7-15-12-17-10(13)16-11(14)18-12/h8-9H,2-7H2,1H3,(H,15,16,17,18). The summed E-state index contributed by atoms with van der Waals surface area (Å²) in [4.78, 5) is 11.7. The highest BCUT2D eigenvalue weighted by Gasteiger charge is 2.17. The molecular formula is C12H18Cl2N4. The maximum absolute atomic E-state index is 5.71. The molecule has 0 radical (unpaired) electrons. The molecule has 1 saturated carbocycles. The number of hydrogen-bond donors (Lipinski definition) is 1. The molecule has 1 aromatic rings. The molecular weight excluding hydrogens is 271 g/mol. The van der Waals surface area contributed by atoms with Gasteiger partial charge in [0.15, 0.2) is 0 Å². The molecule has 1 aliphatic rings. The second-order valence-electron chi connectivity index (χ2n) is 5.04. The lowest BCUT2D eigenvalue weighted by Gasteiger charge is -2.26. The van der Waals surface area contributed by atoms with Gasteiger partial charge in [0.2, 0.25) is 16.5 Å². The molecule has 4 nitrogen and oxygen atoms in total. The van der Waals surface area contributed by atoms with Gasteiger partial charge in [0.1, 0.15) is 0 Å². The maximum Gasteiger partial charge on any atom is 0.228 e. The third kappa shape index (κ3) is 4.25. The molecule has 1 aromatic heterocycles. The maximum atomic E-state index is 5.71. The van der Waals surface area contributed by atoms with Crippen molar-refractivity contribution in [3.05, 3.63) is 10.6 Å². The van der Waals surface area contributed by atoms with Crippen LogP contribution in [0.25, 0.3) is 0 Å². The average Bonchev–Trinajstić information content (AvgIpc) is 2.30. The van der Waals surface area contributed by atoms with Crippen molar-refractivity contribution in [2.45, 2.75) is 39.0 Å². The van der Waals surface area contributed by atoms with Crippen LogP contribution in [0.2, 0.25) is 10.6 Å². The fraction of sp³-hybridized carbons (Fsp3) is 0.750. The first-order valence-corrected chi connectivity index (χ1v) is 7.20. The fourth-order valence-corrected chi connectivity index (χ4v) is 2.77. The van der Waals surface area contributed by atoms with E-state index in [4.69, 9.17) is 23.2 Å². The Bertz CT molecular complexity index is 371. The van der Waals surface area contributed by atoms with Crippen LogP contribution >= 0.6 is 23.2 Å². The van der Waals surface area contributed by atoms with Crippen molar-refractivity contribution in [2.24, 2.45) is 11.8 Å². The molecule has 0 aromatic carbocycles. The molecule has 1 heterocycles. The van der Waals surface area contributed by atoms with Crippen LogP contribution in [0.15, 0.2) is 0 Å². The smallest absolute Gasteiger partial charge is 0.228 e. The minimum Gasteiger partial charge on any atom is -0.354 e. The van der Waals surface area contributed by atoms with Crippen LogP contribution in [0.3, 0.4) is 0 Å². The summed E-state index contributed by atoms with van der Waals surface area (Å²) in [6.45, 7) is 3.19. The average molecular weight is 289 g/mol. The predicted octanol–water partition coefficient (Wildman–Crippen LogP) is 3.81. The lowest BCUT2D eigenvalue weighted by atomic mass is 9.81. The number of hydrogen-bond acceptors (Lipinski definition) is 4. The van der Waals surface area contributed by atoms with E-state index in [0.717, 1.165) is 24.8 Å². The molecule has 0 amide bonds. The van der Waals surface area contributed by atoms with E-state index < -0.39 is 0 Å². The van der Waals surface area contributed by atoms with Crippen LogP contribution in [0.4, 0.5) is 5.95 Å². The number of aromatic nitrogens is 3. The van der Waals surface area contributed by atoms with Crippen LogP contribution in [0.1, 0.15) is 39.0 Å². The second kappa shape index (κ2) is 6.53. The monoisotopic (exact) mass is 288 g/mol. The van der Waals surface area contributed by atoms with Crippen LogP contribution < -0.4 is 5.32 Å². The minimum absolute atomic E-state index is 0.129. The van der Waals surface area contributed by atoms with E-state index in [-0.39, 0.29) is 10.6 Å². The van der Waals surface area contributed by atoms with E-state index in [0.29, 0.717) is 5.95 Å². The Morgan fingerprint density at radius 2 is 1.67 bits per heavy atom. The number of anilines is 1. The van der Waals surface area contributed by atoms with Gasteiger partial charge in [-0.1, -0.05) is 32.6 Å². The second-order valence-corrected chi connectivity index (χ2v) is 5.71.